The van der Waals surface area contributed by atoms with Gasteiger partial charge in [0.15, 0.2) is 0 Å². The Bertz CT molecular complexity index is 485. The maximum atomic E-state index is 11.8. The van der Waals surface area contributed by atoms with E-state index in [1.807, 2.05) is 13.8 Å². The standard InChI is InChI=1S/C16H24N2O4/c1-12(2)22-15-7-5-14(6-8-15)18(13(3)19)11-16(20)17-9-10-21-4/h5-8,12H,9-11H2,1-4H3,(H,17,20). The van der Waals surface area contributed by atoms with Crippen molar-refractivity contribution in [3.05, 3.63) is 24.3 Å². The molecule has 0 saturated carbocycles. The van der Waals surface area contributed by atoms with E-state index in [2.05, 4.69) is 5.32 Å². The average molecular weight is 308 g/mol. The predicted octanol–water partition coefficient (Wildman–Crippen LogP) is 1.59. The molecule has 1 rings (SSSR count). The van der Waals surface area contributed by atoms with E-state index in [9.17, 15) is 9.59 Å². The van der Waals surface area contributed by atoms with Crippen LogP contribution in [0.25, 0.3) is 0 Å². The third-order valence-corrected chi connectivity index (χ3v) is 2.83. The van der Waals surface area contributed by atoms with Gasteiger partial charge in [-0.3, -0.25) is 9.59 Å². The van der Waals surface area contributed by atoms with Crippen molar-refractivity contribution >= 4 is 17.5 Å². The van der Waals surface area contributed by atoms with Crippen molar-refractivity contribution in [2.75, 3.05) is 31.7 Å². The number of hydrogen-bond donors (Lipinski definition) is 1. The summed E-state index contributed by atoms with van der Waals surface area (Å²) < 4.78 is 10.4. The molecule has 2 amide bonds. The maximum Gasteiger partial charge on any atom is 0.240 e. The number of benzene rings is 1. The largest absolute Gasteiger partial charge is 0.491 e. The fourth-order valence-electron chi connectivity index (χ4n) is 1.85. The minimum atomic E-state index is -0.227. The van der Waals surface area contributed by atoms with Gasteiger partial charge in [0.2, 0.25) is 11.8 Å². The lowest BCUT2D eigenvalue weighted by Crippen LogP contribution is -2.40. The van der Waals surface area contributed by atoms with Gasteiger partial charge in [0.1, 0.15) is 12.3 Å². The van der Waals surface area contributed by atoms with Crippen LogP contribution in [0.1, 0.15) is 20.8 Å². The van der Waals surface area contributed by atoms with Crippen molar-refractivity contribution in [2.24, 2.45) is 0 Å². The van der Waals surface area contributed by atoms with Crippen LogP contribution in [0.15, 0.2) is 24.3 Å². The molecule has 0 bridgehead atoms. The van der Waals surface area contributed by atoms with Gasteiger partial charge in [0.25, 0.3) is 0 Å². The highest BCUT2D eigenvalue weighted by Crippen LogP contribution is 2.20. The molecule has 6 nitrogen and oxygen atoms in total. The molecule has 1 aromatic carbocycles. The molecule has 0 aliphatic carbocycles. The van der Waals surface area contributed by atoms with Crippen LogP contribution in [0.2, 0.25) is 0 Å². The van der Waals surface area contributed by atoms with Crippen molar-refractivity contribution in [1.82, 2.24) is 5.32 Å². The number of carbonyl (C=O) groups is 2. The van der Waals surface area contributed by atoms with Crippen molar-refractivity contribution in [3.63, 3.8) is 0 Å². The number of nitrogens with one attached hydrogen (secondary N) is 1. The lowest BCUT2D eigenvalue weighted by molar-refractivity contribution is -0.123. The van der Waals surface area contributed by atoms with Gasteiger partial charge in [-0.2, -0.15) is 0 Å². The Morgan fingerprint density at radius 2 is 1.86 bits per heavy atom. The molecule has 1 aromatic rings. The van der Waals surface area contributed by atoms with E-state index in [0.29, 0.717) is 18.8 Å². The van der Waals surface area contributed by atoms with Crippen LogP contribution in [-0.2, 0) is 14.3 Å². The molecule has 0 fully saturated rings. The molecule has 0 atom stereocenters. The summed E-state index contributed by atoms with van der Waals surface area (Å²) in [7, 11) is 1.56. The zero-order chi connectivity index (χ0) is 16.5. The number of methoxy groups -OCH3 is 1. The van der Waals surface area contributed by atoms with Crippen LogP contribution >= 0.6 is 0 Å². The average Bonchev–Trinajstić information content (AvgIpc) is 2.45. The molecule has 0 aliphatic heterocycles. The highest BCUT2D eigenvalue weighted by molar-refractivity contribution is 5.97. The van der Waals surface area contributed by atoms with E-state index in [-0.39, 0.29) is 24.5 Å². The smallest absolute Gasteiger partial charge is 0.240 e. The fourth-order valence-corrected chi connectivity index (χ4v) is 1.85. The number of nitrogens with zero attached hydrogens (tertiary/aromatic N) is 1. The highest BCUT2D eigenvalue weighted by Gasteiger charge is 2.15. The van der Waals surface area contributed by atoms with Crippen LogP contribution in [-0.4, -0.2) is 44.7 Å². The Morgan fingerprint density at radius 3 is 2.36 bits per heavy atom. The Morgan fingerprint density at radius 1 is 1.23 bits per heavy atom. The van der Waals surface area contributed by atoms with Gasteiger partial charge in [0, 0.05) is 26.3 Å². The molecule has 22 heavy (non-hydrogen) atoms. The molecule has 0 aliphatic rings. The zero-order valence-electron chi connectivity index (χ0n) is 13.6. The number of rotatable bonds is 8. The van der Waals surface area contributed by atoms with Crippen molar-refractivity contribution in [1.29, 1.82) is 0 Å². The van der Waals surface area contributed by atoms with Crippen LogP contribution < -0.4 is 15.0 Å². The van der Waals surface area contributed by atoms with E-state index in [1.165, 1.54) is 11.8 Å². The molecule has 0 unspecified atom stereocenters. The first kappa shape index (κ1) is 18.0. The molecule has 0 spiro atoms. The topological polar surface area (TPSA) is 67.9 Å². The van der Waals surface area contributed by atoms with Crippen molar-refractivity contribution in [3.8, 4) is 5.75 Å². The summed E-state index contributed by atoms with van der Waals surface area (Å²) in [6.07, 6.45) is 0.0846. The lowest BCUT2D eigenvalue weighted by atomic mass is 10.2. The Kier molecular flexibility index (Phi) is 7.39. The maximum absolute atomic E-state index is 11.8. The van der Waals surface area contributed by atoms with Crippen molar-refractivity contribution in [2.45, 2.75) is 26.9 Å². The molecule has 0 heterocycles. The minimum absolute atomic E-state index is 0.0244. The molecule has 1 N–H and O–H groups in total. The first-order valence-electron chi connectivity index (χ1n) is 7.24. The molecule has 122 valence electrons. The molecular formula is C16H24N2O4. The summed E-state index contributed by atoms with van der Waals surface area (Å²) in [6.45, 7) is 6.15. The van der Waals surface area contributed by atoms with E-state index < -0.39 is 0 Å². The van der Waals surface area contributed by atoms with Crippen molar-refractivity contribution < 1.29 is 19.1 Å². The monoisotopic (exact) mass is 308 g/mol. The van der Waals surface area contributed by atoms with Crippen LogP contribution in [0.5, 0.6) is 5.75 Å². The van der Waals surface area contributed by atoms with Gasteiger partial charge < -0.3 is 19.7 Å². The van der Waals surface area contributed by atoms with E-state index in [1.54, 1.807) is 31.4 Å². The molecule has 6 heteroatoms. The molecule has 0 saturated heterocycles. The first-order valence-corrected chi connectivity index (χ1v) is 7.24. The van der Waals surface area contributed by atoms with Crippen LogP contribution in [0.4, 0.5) is 5.69 Å². The lowest BCUT2D eigenvalue weighted by Gasteiger charge is -2.21. The fraction of sp³-hybridized carbons (Fsp3) is 0.500. The normalized spacial score (nSPS) is 10.4. The minimum Gasteiger partial charge on any atom is -0.491 e. The second kappa shape index (κ2) is 9.04. The van der Waals surface area contributed by atoms with Crippen LogP contribution in [0.3, 0.4) is 0 Å². The molecule has 0 radical (unpaired) electrons. The molecular weight excluding hydrogens is 284 g/mol. The summed E-state index contributed by atoms with van der Waals surface area (Å²) in [6, 6.07) is 7.10. The molecule has 0 aromatic heterocycles. The van der Waals surface area contributed by atoms with E-state index in [0.717, 1.165) is 5.75 Å². The predicted molar refractivity (Wildman–Crippen MR) is 85.1 cm³/mol. The van der Waals surface area contributed by atoms with Crippen LogP contribution in [0, 0.1) is 0 Å². The Labute approximate surface area is 131 Å². The third kappa shape index (κ3) is 6.13. The van der Waals surface area contributed by atoms with Gasteiger partial charge in [-0.25, -0.2) is 0 Å². The summed E-state index contributed by atoms with van der Waals surface area (Å²) >= 11 is 0. The quantitative estimate of drug-likeness (QED) is 0.741. The summed E-state index contributed by atoms with van der Waals surface area (Å²) in [4.78, 5) is 25.0. The number of carbonyl (C=O) groups excluding carboxylic acids is 2. The summed E-state index contributed by atoms with van der Waals surface area (Å²) in [5, 5.41) is 2.69. The summed E-state index contributed by atoms with van der Waals surface area (Å²) in [5.41, 5.74) is 0.658. The Hall–Kier alpha value is -2.08. The second-order valence-corrected chi connectivity index (χ2v) is 5.11. The van der Waals surface area contributed by atoms with E-state index in [4.69, 9.17) is 9.47 Å². The SMILES string of the molecule is COCCNC(=O)CN(C(C)=O)c1ccc(OC(C)C)cc1. The third-order valence-electron chi connectivity index (χ3n) is 2.83. The van der Waals surface area contributed by atoms with E-state index >= 15 is 0 Å². The first-order chi connectivity index (χ1) is 10.4. The van der Waals surface area contributed by atoms with Gasteiger partial charge >= 0.3 is 0 Å². The van der Waals surface area contributed by atoms with Gasteiger partial charge in [-0.05, 0) is 38.1 Å². The van der Waals surface area contributed by atoms with Gasteiger partial charge in [-0.15, -0.1) is 0 Å². The number of anilines is 1. The Balaban J connectivity index is 2.70. The second-order valence-electron chi connectivity index (χ2n) is 5.11. The number of hydrogen-bond acceptors (Lipinski definition) is 4. The zero-order valence-corrected chi connectivity index (χ0v) is 13.6. The van der Waals surface area contributed by atoms with Gasteiger partial charge in [-0.1, -0.05) is 0 Å². The highest BCUT2D eigenvalue weighted by atomic mass is 16.5. The summed E-state index contributed by atoms with van der Waals surface area (Å²) in [5.74, 6) is 0.306. The number of ether oxygens (including phenoxy) is 2. The number of amides is 2. The van der Waals surface area contributed by atoms with Gasteiger partial charge in [0.05, 0.1) is 12.7 Å².